The molecule has 0 aromatic rings. The Kier molecular flexibility index (Phi) is 11.0. The lowest BCUT2D eigenvalue weighted by Crippen LogP contribution is -2.56. The van der Waals surface area contributed by atoms with Gasteiger partial charge in [-0.3, -0.25) is 0 Å². The van der Waals surface area contributed by atoms with Gasteiger partial charge in [0.15, 0.2) is 0 Å². The molecule has 0 aromatic heterocycles. The molecule has 3 N–H and O–H groups in total. The second kappa shape index (κ2) is 13.9. The number of rotatable bonds is 9. The van der Waals surface area contributed by atoms with Crippen LogP contribution in [0, 0.1) is 75.9 Å². The van der Waals surface area contributed by atoms with Gasteiger partial charge in [0.1, 0.15) is 6.10 Å². The molecule has 14 atom stereocenters. The molecule has 2 spiro atoms. The third-order valence-corrected chi connectivity index (χ3v) is 16.1. The second-order valence-electron chi connectivity index (χ2n) is 18.4. The zero-order valence-electron chi connectivity index (χ0n) is 32.1. The van der Waals surface area contributed by atoms with E-state index in [-0.39, 0.29) is 57.7 Å². The van der Waals surface area contributed by atoms with Gasteiger partial charge in [-0.05, 0) is 130 Å². The van der Waals surface area contributed by atoms with E-state index in [0.29, 0.717) is 56.6 Å². The minimum absolute atomic E-state index is 0.0389. The van der Waals surface area contributed by atoms with E-state index in [1.165, 1.54) is 6.42 Å². The summed E-state index contributed by atoms with van der Waals surface area (Å²) in [5.74, 6) is 2.17. The number of carbonyl (C=O) groups excluding carboxylic acids is 1. The van der Waals surface area contributed by atoms with Crippen molar-refractivity contribution in [2.24, 2.45) is 63.1 Å². The van der Waals surface area contributed by atoms with Crippen LogP contribution in [0.5, 0.6) is 0 Å². The van der Waals surface area contributed by atoms with Crippen molar-refractivity contribution in [2.45, 2.75) is 144 Å². The second-order valence-corrected chi connectivity index (χ2v) is 18.4. The molecule has 5 aliphatic carbocycles. The van der Waals surface area contributed by atoms with Gasteiger partial charge in [-0.1, -0.05) is 41.5 Å². The maximum absolute atomic E-state index is 13.2. The van der Waals surface area contributed by atoms with Crippen LogP contribution in [0.25, 0.3) is 0 Å². The standard InChI is InChI=1S/C39H67NO7.C2H2/c1-10-46-29(36(7,8)44)14-11-23(2)24(3)30-32(41)33(42)31-26-12-13-27-35(5,6)28(47-34(43)40-19-21-45-22-20-40)15-16-39(27)25(4)38(26,39)18-17-37(30,31)9;1-2/h23-33,41-42,44H,10-22H2,1-9H3;1-2H/t23-,24?,25?,26+,27?,28+,29+,30?,31?,32+,33-,37-,38+,39-;/m1./s1. The third-order valence-electron chi connectivity index (χ3n) is 16.1. The Morgan fingerprint density at radius 2 is 1.63 bits per heavy atom. The number of amides is 1. The minimum Gasteiger partial charge on any atom is -0.446 e. The molecule has 1 aliphatic heterocycles. The van der Waals surface area contributed by atoms with Crippen molar-refractivity contribution in [3.8, 4) is 12.8 Å². The van der Waals surface area contributed by atoms with Crippen LogP contribution in [-0.2, 0) is 14.2 Å². The number of ether oxygens (including phenoxy) is 3. The van der Waals surface area contributed by atoms with E-state index in [1.54, 1.807) is 4.90 Å². The largest absolute Gasteiger partial charge is 0.446 e. The number of morpholine rings is 1. The molecule has 0 aromatic carbocycles. The Morgan fingerprint density at radius 3 is 2.24 bits per heavy atom. The first-order valence-electron chi connectivity index (χ1n) is 19.6. The zero-order valence-corrected chi connectivity index (χ0v) is 32.1. The average molecular weight is 688 g/mol. The zero-order chi connectivity index (χ0) is 36.3. The lowest BCUT2D eigenvalue weighted by atomic mass is 9.45. The van der Waals surface area contributed by atoms with Crippen LogP contribution >= 0.6 is 0 Å². The summed E-state index contributed by atoms with van der Waals surface area (Å²) < 4.78 is 17.7. The van der Waals surface area contributed by atoms with E-state index in [0.717, 1.165) is 44.9 Å². The van der Waals surface area contributed by atoms with Crippen LogP contribution in [0.2, 0.25) is 0 Å². The summed E-state index contributed by atoms with van der Waals surface area (Å²) in [5, 5.41) is 34.6. The molecule has 5 saturated carbocycles. The maximum Gasteiger partial charge on any atom is 0.410 e. The highest BCUT2D eigenvalue weighted by molar-refractivity contribution is 5.68. The highest BCUT2D eigenvalue weighted by Gasteiger charge is 2.85. The molecular formula is C41H69NO7. The summed E-state index contributed by atoms with van der Waals surface area (Å²) in [5.41, 5.74) is -0.722. The Balaban J connectivity index is 0.00000230. The van der Waals surface area contributed by atoms with Crippen LogP contribution in [-0.4, -0.2) is 89.2 Å². The summed E-state index contributed by atoms with van der Waals surface area (Å²) in [6.45, 7) is 22.7. The summed E-state index contributed by atoms with van der Waals surface area (Å²) in [4.78, 5) is 15.0. The first-order chi connectivity index (χ1) is 23.0. The summed E-state index contributed by atoms with van der Waals surface area (Å²) in [7, 11) is 0. The summed E-state index contributed by atoms with van der Waals surface area (Å²) >= 11 is 0. The molecule has 0 bridgehead atoms. The number of aliphatic hydroxyl groups is 3. The first-order valence-corrected chi connectivity index (χ1v) is 19.6. The summed E-state index contributed by atoms with van der Waals surface area (Å²) in [6, 6.07) is 0. The van der Waals surface area contributed by atoms with Crippen LogP contribution < -0.4 is 0 Å². The molecule has 8 nitrogen and oxygen atoms in total. The molecule has 8 heteroatoms. The quantitative estimate of drug-likeness (QED) is 0.236. The molecule has 1 saturated heterocycles. The third kappa shape index (κ3) is 5.88. The van der Waals surface area contributed by atoms with Gasteiger partial charge in [0.25, 0.3) is 0 Å². The Hall–Kier alpha value is -1.37. The van der Waals surface area contributed by atoms with Gasteiger partial charge in [-0.25, -0.2) is 4.79 Å². The molecule has 280 valence electrons. The van der Waals surface area contributed by atoms with Gasteiger partial charge < -0.3 is 34.4 Å². The van der Waals surface area contributed by atoms with E-state index in [2.05, 4.69) is 54.4 Å². The van der Waals surface area contributed by atoms with Crippen molar-refractivity contribution < 1.29 is 34.3 Å². The fraction of sp³-hybridized carbons (Fsp3) is 0.927. The van der Waals surface area contributed by atoms with Crippen molar-refractivity contribution in [3.05, 3.63) is 0 Å². The fourth-order valence-electron chi connectivity index (χ4n) is 13.7. The van der Waals surface area contributed by atoms with Gasteiger partial charge in [0, 0.05) is 25.1 Å². The minimum atomic E-state index is -0.898. The number of nitrogens with zero attached hydrogens (tertiary/aromatic N) is 1. The Morgan fingerprint density at radius 1 is 0.980 bits per heavy atom. The number of fused-ring (bicyclic) bond motifs is 2. The van der Waals surface area contributed by atoms with Crippen LogP contribution in [0.15, 0.2) is 0 Å². The normalized spacial score (nSPS) is 44.1. The average Bonchev–Trinajstić information content (AvgIpc) is 3.52. The van der Waals surface area contributed by atoms with Crippen LogP contribution in [0.3, 0.4) is 0 Å². The summed E-state index contributed by atoms with van der Waals surface area (Å²) in [6.07, 6.45) is 14.1. The number of aliphatic hydroxyl groups excluding tert-OH is 2. The molecule has 6 aliphatic rings. The lowest BCUT2D eigenvalue weighted by molar-refractivity contribution is -0.147. The van der Waals surface area contributed by atoms with Gasteiger partial charge in [-0.15, -0.1) is 12.8 Å². The van der Waals surface area contributed by atoms with Crippen molar-refractivity contribution >= 4 is 6.09 Å². The van der Waals surface area contributed by atoms with Crippen molar-refractivity contribution in [1.82, 2.24) is 4.90 Å². The molecule has 49 heavy (non-hydrogen) atoms. The first kappa shape index (κ1) is 38.9. The van der Waals surface area contributed by atoms with Gasteiger partial charge in [0.2, 0.25) is 0 Å². The number of terminal acetylenes is 1. The highest BCUT2D eigenvalue weighted by Crippen LogP contribution is 2.89. The molecule has 1 heterocycles. The SMILES string of the molecule is C#C.CCO[C@@H](CC[C@@H](C)C(C)C1[C@H](O)[C@H](O)C2[C@@H]3CCC4C(C)(C)[C@@H](OC(=O)N5CCOCC5)CC[C@@]45C(C)[C@@]35CC[C@]12C)C(C)(C)O. The number of carbonyl (C=O) groups is 1. The Bertz CT molecular complexity index is 1190. The molecule has 1 amide bonds. The smallest absolute Gasteiger partial charge is 0.410 e. The maximum atomic E-state index is 13.2. The van der Waals surface area contributed by atoms with Crippen LogP contribution in [0.4, 0.5) is 4.79 Å². The van der Waals surface area contributed by atoms with E-state index in [9.17, 15) is 20.1 Å². The van der Waals surface area contributed by atoms with Crippen molar-refractivity contribution in [1.29, 1.82) is 0 Å². The van der Waals surface area contributed by atoms with Gasteiger partial charge >= 0.3 is 6.09 Å². The van der Waals surface area contributed by atoms with Crippen molar-refractivity contribution in [2.75, 3.05) is 32.9 Å². The molecule has 0 radical (unpaired) electrons. The van der Waals surface area contributed by atoms with Crippen molar-refractivity contribution in [3.63, 3.8) is 0 Å². The predicted molar refractivity (Wildman–Crippen MR) is 191 cm³/mol. The van der Waals surface area contributed by atoms with E-state index in [1.807, 2.05) is 20.8 Å². The van der Waals surface area contributed by atoms with Gasteiger partial charge in [-0.2, -0.15) is 0 Å². The van der Waals surface area contributed by atoms with Crippen LogP contribution in [0.1, 0.15) is 114 Å². The number of hydrogen-bond donors (Lipinski definition) is 3. The Labute approximate surface area is 297 Å². The van der Waals surface area contributed by atoms with E-state index < -0.39 is 17.8 Å². The highest BCUT2D eigenvalue weighted by atomic mass is 16.6. The lowest BCUT2D eigenvalue weighted by Gasteiger charge is -2.59. The molecule has 5 unspecified atom stereocenters. The topological polar surface area (TPSA) is 109 Å². The van der Waals surface area contributed by atoms with Gasteiger partial charge in [0.05, 0.1) is 37.1 Å². The fourth-order valence-corrected chi connectivity index (χ4v) is 13.7. The molecular weight excluding hydrogens is 618 g/mol. The molecule has 6 rings (SSSR count). The van der Waals surface area contributed by atoms with E-state index >= 15 is 0 Å². The predicted octanol–water partition coefficient (Wildman–Crippen LogP) is 6.54. The molecule has 6 fully saturated rings. The number of hydrogen-bond acceptors (Lipinski definition) is 7. The van der Waals surface area contributed by atoms with E-state index in [4.69, 9.17) is 14.2 Å². The monoisotopic (exact) mass is 688 g/mol.